The third-order valence-electron chi connectivity index (χ3n) is 4.47. The van der Waals surface area contributed by atoms with Crippen molar-refractivity contribution < 1.29 is 9.84 Å². The molecule has 1 saturated heterocycles. The number of benzene rings is 1. The zero-order valence-electron chi connectivity index (χ0n) is 11.6. The molecule has 3 heteroatoms. The highest BCUT2D eigenvalue weighted by Crippen LogP contribution is 2.33. The van der Waals surface area contributed by atoms with Gasteiger partial charge in [0.05, 0.1) is 5.60 Å². The van der Waals surface area contributed by atoms with Crippen LogP contribution in [0.15, 0.2) is 18.2 Å². The lowest BCUT2D eigenvalue weighted by Gasteiger charge is -2.31. The molecule has 2 atom stereocenters. The Kier molecular flexibility index (Phi) is 3.50. The first-order chi connectivity index (χ1) is 9.16. The molecule has 1 heterocycles. The summed E-state index contributed by atoms with van der Waals surface area (Å²) in [7, 11) is 0. The summed E-state index contributed by atoms with van der Waals surface area (Å²) in [6.45, 7) is 3.98. The molecule has 2 N–H and O–H groups in total. The van der Waals surface area contributed by atoms with Crippen LogP contribution in [0.5, 0.6) is 5.75 Å². The van der Waals surface area contributed by atoms with Crippen molar-refractivity contribution >= 4 is 0 Å². The average Bonchev–Trinajstić information content (AvgIpc) is 2.84. The van der Waals surface area contributed by atoms with Crippen molar-refractivity contribution in [2.45, 2.75) is 50.7 Å². The molecule has 1 aromatic rings. The molecule has 0 aromatic heterocycles. The van der Waals surface area contributed by atoms with Crippen LogP contribution in [0.2, 0.25) is 0 Å². The zero-order chi connectivity index (χ0) is 13.3. The maximum atomic E-state index is 9.68. The topological polar surface area (TPSA) is 41.5 Å². The Hall–Kier alpha value is -1.06. The zero-order valence-corrected chi connectivity index (χ0v) is 11.6. The minimum atomic E-state index is -0.00552. The van der Waals surface area contributed by atoms with Gasteiger partial charge in [-0.05, 0) is 62.3 Å². The Bertz CT molecular complexity index is 452. The van der Waals surface area contributed by atoms with Gasteiger partial charge in [0.15, 0.2) is 0 Å². The number of phenols is 1. The number of ether oxygens (including phenoxy) is 1. The quantitative estimate of drug-likeness (QED) is 0.879. The molecule has 1 aliphatic heterocycles. The van der Waals surface area contributed by atoms with Gasteiger partial charge in [-0.3, -0.25) is 0 Å². The lowest BCUT2D eigenvalue weighted by atomic mass is 9.87. The van der Waals surface area contributed by atoms with E-state index in [0.717, 1.165) is 32.4 Å². The van der Waals surface area contributed by atoms with E-state index in [1.165, 1.54) is 24.0 Å². The van der Waals surface area contributed by atoms with Crippen molar-refractivity contribution in [2.75, 3.05) is 13.2 Å². The second kappa shape index (κ2) is 5.14. The van der Waals surface area contributed by atoms with Crippen LogP contribution in [-0.2, 0) is 11.2 Å². The summed E-state index contributed by atoms with van der Waals surface area (Å²) in [4.78, 5) is 0. The normalized spacial score (nSPS) is 30.3. The molecule has 19 heavy (non-hydrogen) atoms. The molecule has 0 bridgehead atoms. The smallest absolute Gasteiger partial charge is 0.115 e. The van der Waals surface area contributed by atoms with Gasteiger partial charge in [0, 0.05) is 19.2 Å². The molecule has 2 unspecified atom stereocenters. The van der Waals surface area contributed by atoms with E-state index in [9.17, 15) is 5.11 Å². The van der Waals surface area contributed by atoms with Gasteiger partial charge in [0.1, 0.15) is 5.75 Å². The van der Waals surface area contributed by atoms with Crippen molar-refractivity contribution in [2.24, 2.45) is 0 Å². The minimum absolute atomic E-state index is 0.00552. The summed E-state index contributed by atoms with van der Waals surface area (Å²) < 4.78 is 5.83. The van der Waals surface area contributed by atoms with Crippen LogP contribution < -0.4 is 5.32 Å². The van der Waals surface area contributed by atoms with Crippen LogP contribution in [0.25, 0.3) is 0 Å². The van der Waals surface area contributed by atoms with Crippen LogP contribution in [-0.4, -0.2) is 23.9 Å². The molecule has 2 aliphatic rings. The lowest BCUT2D eigenvalue weighted by molar-refractivity contribution is 0.0183. The number of aryl methyl sites for hydroxylation is 1. The number of fused-ring (bicyclic) bond motifs is 1. The minimum Gasteiger partial charge on any atom is -0.508 e. The second-order valence-corrected chi connectivity index (χ2v) is 6.11. The third-order valence-corrected chi connectivity index (χ3v) is 4.47. The van der Waals surface area contributed by atoms with E-state index in [-0.39, 0.29) is 5.60 Å². The first-order valence-corrected chi connectivity index (χ1v) is 7.35. The third kappa shape index (κ3) is 2.77. The summed E-state index contributed by atoms with van der Waals surface area (Å²) >= 11 is 0. The van der Waals surface area contributed by atoms with Crippen molar-refractivity contribution in [1.82, 2.24) is 5.32 Å². The SMILES string of the molecule is CC1(CNC2CCCc3ccc(O)cc32)CCCO1. The molecule has 0 radical (unpaired) electrons. The summed E-state index contributed by atoms with van der Waals surface area (Å²) in [5.41, 5.74) is 2.64. The monoisotopic (exact) mass is 261 g/mol. The highest BCUT2D eigenvalue weighted by Gasteiger charge is 2.31. The molecule has 1 aromatic carbocycles. The van der Waals surface area contributed by atoms with Gasteiger partial charge in [-0.25, -0.2) is 0 Å². The van der Waals surface area contributed by atoms with Gasteiger partial charge in [-0.15, -0.1) is 0 Å². The Morgan fingerprint density at radius 1 is 1.42 bits per heavy atom. The fraction of sp³-hybridized carbons (Fsp3) is 0.625. The maximum absolute atomic E-state index is 9.68. The molecular formula is C16H23NO2. The van der Waals surface area contributed by atoms with Crippen LogP contribution >= 0.6 is 0 Å². The van der Waals surface area contributed by atoms with Crippen LogP contribution in [0.3, 0.4) is 0 Å². The number of rotatable bonds is 3. The fourth-order valence-corrected chi connectivity index (χ4v) is 3.31. The van der Waals surface area contributed by atoms with Gasteiger partial charge >= 0.3 is 0 Å². The average molecular weight is 261 g/mol. The van der Waals surface area contributed by atoms with E-state index in [1.54, 1.807) is 6.07 Å². The highest BCUT2D eigenvalue weighted by molar-refractivity contribution is 5.38. The molecule has 1 aliphatic carbocycles. The van der Waals surface area contributed by atoms with Gasteiger partial charge in [-0.1, -0.05) is 6.07 Å². The van der Waals surface area contributed by atoms with Gasteiger partial charge in [0.2, 0.25) is 0 Å². The largest absolute Gasteiger partial charge is 0.508 e. The maximum Gasteiger partial charge on any atom is 0.115 e. The Morgan fingerprint density at radius 3 is 3.11 bits per heavy atom. The predicted molar refractivity (Wildman–Crippen MR) is 75.4 cm³/mol. The summed E-state index contributed by atoms with van der Waals surface area (Å²) in [5, 5.41) is 13.3. The molecule has 3 nitrogen and oxygen atoms in total. The van der Waals surface area contributed by atoms with Gasteiger partial charge in [0.25, 0.3) is 0 Å². The van der Waals surface area contributed by atoms with E-state index < -0.39 is 0 Å². The Morgan fingerprint density at radius 2 is 2.32 bits per heavy atom. The first kappa shape index (κ1) is 12.9. The predicted octanol–water partition coefficient (Wildman–Crippen LogP) is 2.93. The molecule has 104 valence electrons. The van der Waals surface area contributed by atoms with Crippen molar-refractivity contribution in [3.8, 4) is 5.75 Å². The van der Waals surface area contributed by atoms with Crippen LogP contribution in [0.4, 0.5) is 0 Å². The first-order valence-electron chi connectivity index (χ1n) is 7.35. The molecule has 1 fully saturated rings. The van der Waals surface area contributed by atoms with Crippen LogP contribution in [0, 0.1) is 0 Å². The van der Waals surface area contributed by atoms with Crippen molar-refractivity contribution in [3.05, 3.63) is 29.3 Å². The van der Waals surface area contributed by atoms with E-state index in [2.05, 4.69) is 18.3 Å². The van der Waals surface area contributed by atoms with E-state index >= 15 is 0 Å². The number of hydrogen-bond donors (Lipinski definition) is 2. The molecule has 0 amide bonds. The summed E-state index contributed by atoms with van der Waals surface area (Å²) in [5.74, 6) is 0.371. The number of nitrogens with one attached hydrogen (secondary N) is 1. The molecule has 3 rings (SSSR count). The van der Waals surface area contributed by atoms with E-state index in [4.69, 9.17) is 4.74 Å². The van der Waals surface area contributed by atoms with E-state index in [1.807, 2.05) is 6.07 Å². The van der Waals surface area contributed by atoms with Crippen LogP contribution in [0.1, 0.15) is 49.8 Å². The molecule has 0 spiro atoms. The standard InChI is InChI=1S/C16H23NO2/c1-16(8-3-9-19-16)11-17-15-5-2-4-12-6-7-13(18)10-14(12)15/h6-7,10,15,17-18H,2-5,8-9,11H2,1H3. The van der Waals surface area contributed by atoms with Gasteiger partial charge in [-0.2, -0.15) is 0 Å². The number of hydrogen-bond acceptors (Lipinski definition) is 3. The summed E-state index contributed by atoms with van der Waals surface area (Å²) in [6.07, 6.45) is 5.79. The fourth-order valence-electron chi connectivity index (χ4n) is 3.31. The van der Waals surface area contributed by atoms with Crippen molar-refractivity contribution in [3.63, 3.8) is 0 Å². The molecule has 0 saturated carbocycles. The Labute approximate surface area is 115 Å². The number of aromatic hydroxyl groups is 1. The summed E-state index contributed by atoms with van der Waals surface area (Å²) in [6, 6.07) is 6.13. The van der Waals surface area contributed by atoms with Crippen molar-refractivity contribution in [1.29, 1.82) is 0 Å². The number of phenolic OH excluding ortho intramolecular Hbond substituents is 1. The Balaban J connectivity index is 1.71. The molecular weight excluding hydrogens is 238 g/mol. The van der Waals surface area contributed by atoms with Gasteiger partial charge < -0.3 is 15.2 Å². The highest BCUT2D eigenvalue weighted by atomic mass is 16.5. The second-order valence-electron chi connectivity index (χ2n) is 6.11. The van der Waals surface area contributed by atoms with E-state index in [0.29, 0.717) is 11.8 Å². The lowest BCUT2D eigenvalue weighted by Crippen LogP contribution is -2.39.